The molecule has 6 nitrogen and oxygen atoms in total. The van der Waals surface area contributed by atoms with Gasteiger partial charge in [-0.2, -0.15) is 0 Å². The minimum absolute atomic E-state index is 0.0913. The molecule has 3 rings (SSSR count). The van der Waals surface area contributed by atoms with Crippen LogP contribution in [0.3, 0.4) is 0 Å². The van der Waals surface area contributed by atoms with Gasteiger partial charge in [0.15, 0.2) is 0 Å². The maximum absolute atomic E-state index is 12.1. The van der Waals surface area contributed by atoms with Crippen molar-refractivity contribution in [2.24, 2.45) is 0 Å². The molecule has 6 heteroatoms. The minimum Gasteiger partial charge on any atom is -0.376 e. The molecule has 2 amide bonds. The van der Waals surface area contributed by atoms with Crippen LogP contribution < -0.4 is 10.6 Å². The van der Waals surface area contributed by atoms with Gasteiger partial charge in [0, 0.05) is 37.5 Å². The smallest absolute Gasteiger partial charge is 0.251 e. The first-order valence-corrected chi connectivity index (χ1v) is 9.24. The SMILES string of the molecule is O=C(NCC1CCCO1)c1ccc(NCC(=O)N2CCCCC2)cc1. The van der Waals surface area contributed by atoms with Gasteiger partial charge in [0.1, 0.15) is 0 Å². The first-order valence-electron chi connectivity index (χ1n) is 9.24. The second-order valence-corrected chi connectivity index (χ2v) is 6.72. The zero-order chi connectivity index (χ0) is 17.5. The molecule has 0 bridgehead atoms. The molecule has 0 radical (unpaired) electrons. The molecule has 1 aromatic rings. The summed E-state index contributed by atoms with van der Waals surface area (Å²) in [5.74, 6) is 0.0459. The van der Waals surface area contributed by atoms with E-state index in [1.54, 1.807) is 12.1 Å². The predicted molar refractivity (Wildman–Crippen MR) is 96.7 cm³/mol. The lowest BCUT2D eigenvalue weighted by Crippen LogP contribution is -2.39. The van der Waals surface area contributed by atoms with Crippen molar-refractivity contribution in [3.05, 3.63) is 29.8 Å². The fourth-order valence-electron chi connectivity index (χ4n) is 3.29. The third-order valence-electron chi connectivity index (χ3n) is 4.81. The Morgan fingerprint density at radius 1 is 1.08 bits per heavy atom. The Balaban J connectivity index is 1.43. The topological polar surface area (TPSA) is 70.7 Å². The van der Waals surface area contributed by atoms with Crippen LogP contribution in [0.5, 0.6) is 0 Å². The number of benzene rings is 1. The lowest BCUT2D eigenvalue weighted by molar-refractivity contribution is -0.130. The summed E-state index contributed by atoms with van der Waals surface area (Å²) in [7, 11) is 0. The van der Waals surface area contributed by atoms with E-state index in [1.807, 2.05) is 17.0 Å². The van der Waals surface area contributed by atoms with Crippen LogP contribution >= 0.6 is 0 Å². The molecule has 2 saturated heterocycles. The molecule has 25 heavy (non-hydrogen) atoms. The Kier molecular flexibility index (Phi) is 6.28. The normalized spacial score (nSPS) is 20.3. The van der Waals surface area contributed by atoms with E-state index in [1.165, 1.54) is 6.42 Å². The monoisotopic (exact) mass is 345 g/mol. The summed E-state index contributed by atoms with van der Waals surface area (Å²) in [6, 6.07) is 7.23. The van der Waals surface area contributed by atoms with E-state index in [4.69, 9.17) is 4.74 Å². The molecule has 0 aromatic heterocycles. The van der Waals surface area contributed by atoms with Crippen LogP contribution in [0.1, 0.15) is 42.5 Å². The Bertz CT molecular complexity index is 576. The van der Waals surface area contributed by atoms with Crippen LogP contribution in [0.15, 0.2) is 24.3 Å². The van der Waals surface area contributed by atoms with Crippen molar-refractivity contribution in [1.82, 2.24) is 10.2 Å². The van der Waals surface area contributed by atoms with Gasteiger partial charge in [0.2, 0.25) is 5.91 Å². The molecule has 0 saturated carbocycles. The van der Waals surface area contributed by atoms with Crippen LogP contribution in [0.2, 0.25) is 0 Å². The van der Waals surface area contributed by atoms with Crippen molar-refractivity contribution in [1.29, 1.82) is 0 Å². The van der Waals surface area contributed by atoms with E-state index in [9.17, 15) is 9.59 Å². The summed E-state index contributed by atoms with van der Waals surface area (Å²) in [4.78, 5) is 26.2. The second-order valence-electron chi connectivity index (χ2n) is 6.72. The van der Waals surface area contributed by atoms with Gasteiger partial charge >= 0.3 is 0 Å². The minimum atomic E-state index is -0.0913. The quantitative estimate of drug-likeness (QED) is 0.827. The summed E-state index contributed by atoms with van der Waals surface area (Å²) >= 11 is 0. The van der Waals surface area contributed by atoms with Crippen molar-refractivity contribution < 1.29 is 14.3 Å². The second kappa shape index (κ2) is 8.85. The Hall–Kier alpha value is -2.08. The van der Waals surface area contributed by atoms with Crippen molar-refractivity contribution >= 4 is 17.5 Å². The molecule has 1 aromatic carbocycles. The summed E-state index contributed by atoms with van der Waals surface area (Å²) in [5, 5.41) is 6.05. The van der Waals surface area contributed by atoms with Crippen LogP contribution in [0.25, 0.3) is 0 Å². The van der Waals surface area contributed by atoms with Crippen molar-refractivity contribution in [3.63, 3.8) is 0 Å². The lowest BCUT2D eigenvalue weighted by atomic mass is 10.1. The molecule has 2 heterocycles. The Morgan fingerprint density at radius 2 is 1.84 bits per heavy atom. The molecule has 1 atom stereocenters. The van der Waals surface area contributed by atoms with E-state index in [2.05, 4.69) is 10.6 Å². The number of anilines is 1. The van der Waals surface area contributed by atoms with E-state index in [0.29, 0.717) is 18.7 Å². The fourth-order valence-corrected chi connectivity index (χ4v) is 3.29. The zero-order valence-corrected chi connectivity index (χ0v) is 14.6. The largest absolute Gasteiger partial charge is 0.376 e. The summed E-state index contributed by atoms with van der Waals surface area (Å²) in [6.07, 6.45) is 5.63. The molecule has 2 aliphatic rings. The number of carbonyl (C=O) groups is 2. The summed E-state index contributed by atoms with van der Waals surface area (Å²) < 4.78 is 5.50. The van der Waals surface area contributed by atoms with Crippen LogP contribution in [0, 0.1) is 0 Å². The van der Waals surface area contributed by atoms with Crippen molar-refractivity contribution in [3.8, 4) is 0 Å². The highest BCUT2D eigenvalue weighted by Crippen LogP contribution is 2.13. The lowest BCUT2D eigenvalue weighted by Gasteiger charge is -2.26. The maximum atomic E-state index is 12.1. The van der Waals surface area contributed by atoms with Gasteiger partial charge in [0.25, 0.3) is 5.91 Å². The fraction of sp³-hybridized carbons (Fsp3) is 0.579. The standard InChI is InChI=1S/C19H27N3O3/c23-18(22-10-2-1-3-11-22)14-20-16-8-6-15(7-9-16)19(24)21-13-17-5-4-12-25-17/h6-9,17,20H,1-5,10-14H2,(H,21,24). The highest BCUT2D eigenvalue weighted by Gasteiger charge is 2.17. The molecule has 0 aliphatic carbocycles. The van der Waals surface area contributed by atoms with E-state index in [0.717, 1.165) is 51.1 Å². The first-order chi connectivity index (χ1) is 12.2. The molecule has 2 aliphatic heterocycles. The highest BCUT2D eigenvalue weighted by atomic mass is 16.5. The van der Waals surface area contributed by atoms with Gasteiger partial charge in [-0.05, 0) is 56.4 Å². The van der Waals surface area contributed by atoms with Gasteiger partial charge < -0.3 is 20.3 Å². The number of piperidine rings is 1. The number of nitrogens with zero attached hydrogens (tertiary/aromatic N) is 1. The number of ether oxygens (including phenoxy) is 1. The number of carbonyl (C=O) groups excluding carboxylic acids is 2. The maximum Gasteiger partial charge on any atom is 0.251 e. The molecule has 136 valence electrons. The number of hydrogen-bond acceptors (Lipinski definition) is 4. The number of likely N-dealkylation sites (tertiary alicyclic amines) is 1. The number of hydrogen-bond donors (Lipinski definition) is 2. The predicted octanol–water partition coefficient (Wildman–Crippen LogP) is 2.02. The van der Waals surface area contributed by atoms with Gasteiger partial charge in [-0.3, -0.25) is 9.59 Å². The molecule has 2 fully saturated rings. The zero-order valence-electron chi connectivity index (χ0n) is 14.6. The van der Waals surface area contributed by atoms with Gasteiger partial charge in [0.05, 0.1) is 12.6 Å². The third kappa shape index (κ3) is 5.19. The van der Waals surface area contributed by atoms with E-state index >= 15 is 0 Å². The first kappa shape index (κ1) is 17.7. The molecule has 1 unspecified atom stereocenters. The van der Waals surface area contributed by atoms with Crippen LogP contribution in [0.4, 0.5) is 5.69 Å². The molecule has 0 spiro atoms. The van der Waals surface area contributed by atoms with Gasteiger partial charge in [-0.25, -0.2) is 0 Å². The highest BCUT2D eigenvalue weighted by molar-refractivity contribution is 5.94. The van der Waals surface area contributed by atoms with E-state index in [-0.39, 0.29) is 17.9 Å². The Morgan fingerprint density at radius 3 is 2.52 bits per heavy atom. The average Bonchev–Trinajstić information content (AvgIpc) is 3.19. The summed E-state index contributed by atoms with van der Waals surface area (Å²) in [5.41, 5.74) is 1.46. The van der Waals surface area contributed by atoms with Crippen LogP contribution in [-0.4, -0.2) is 55.6 Å². The molecular weight excluding hydrogens is 318 g/mol. The molecular formula is C19H27N3O3. The van der Waals surface area contributed by atoms with Gasteiger partial charge in [-0.1, -0.05) is 0 Å². The summed E-state index contributed by atoms with van der Waals surface area (Å²) in [6.45, 7) is 3.37. The van der Waals surface area contributed by atoms with Gasteiger partial charge in [-0.15, -0.1) is 0 Å². The van der Waals surface area contributed by atoms with Crippen molar-refractivity contribution in [2.75, 3.05) is 38.1 Å². The third-order valence-corrected chi connectivity index (χ3v) is 4.81. The number of nitrogens with one attached hydrogen (secondary N) is 2. The Labute approximate surface area is 148 Å². The number of rotatable bonds is 6. The average molecular weight is 345 g/mol. The van der Waals surface area contributed by atoms with Crippen molar-refractivity contribution in [2.45, 2.75) is 38.2 Å². The van der Waals surface area contributed by atoms with Crippen LogP contribution in [-0.2, 0) is 9.53 Å². The van der Waals surface area contributed by atoms with E-state index < -0.39 is 0 Å². The molecule has 2 N–H and O–H groups in total. The number of amides is 2.